The summed E-state index contributed by atoms with van der Waals surface area (Å²) in [5.74, 6) is -1.17. The molecule has 3 nitrogen and oxygen atoms in total. The first-order valence-electron chi connectivity index (χ1n) is 7.21. The van der Waals surface area contributed by atoms with Crippen LogP contribution in [0.4, 0.5) is 20.2 Å². The number of halogens is 2. The first-order chi connectivity index (χ1) is 9.49. The third-order valence-electron chi connectivity index (χ3n) is 4.84. The highest BCUT2D eigenvalue weighted by atomic mass is 19.1. The number of nitrogens with zero attached hydrogens (tertiary/aromatic N) is 1. The van der Waals surface area contributed by atoms with Crippen LogP contribution in [0.1, 0.15) is 32.1 Å². The molecule has 1 aromatic rings. The normalized spacial score (nSPS) is 30.1. The first-order valence-corrected chi connectivity index (χ1v) is 7.21. The number of hydrogen-bond donors (Lipinski definition) is 2. The second kappa shape index (κ2) is 4.88. The van der Waals surface area contributed by atoms with Crippen molar-refractivity contribution in [2.75, 3.05) is 23.7 Å². The summed E-state index contributed by atoms with van der Waals surface area (Å²) in [6.07, 6.45) is 4.59. The Morgan fingerprint density at radius 2 is 2.05 bits per heavy atom. The van der Waals surface area contributed by atoms with Crippen LogP contribution in [0.25, 0.3) is 0 Å². The number of hydrogen-bond acceptors (Lipinski definition) is 3. The summed E-state index contributed by atoms with van der Waals surface area (Å²) in [6.45, 7) is 1.20. The number of aliphatic hydroxyl groups is 1. The second-order valence-corrected chi connectivity index (χ2v) is 6.06. The summed E-state index contributed by atoms with van der Waals surface area (Å²) >= 11 is 0. The largest absolute Gasteiger partial charge is 0.395 e. The average molecular weight is 282 g/mol. The Morgan fingerprint density at radius 1 is 1.25 bits per heavy atom. The van der Waals surface area contributed by atoms with E-state index in [1.54, 1.807) is 0 Å². The van der Waals surface area contributed by atoms with Crippen molar-refractivity contribution in [3.63, 3.8) is 0 Å². The zero-order chi connectivity index (χ0) is 14.3. The molecule has 3 rings (SSSR count). The molecule has 1 aromatic carbocycles. The Balaban J connectivity index is 1.86. The molecule has 2 atom stereocenters. The zero-order valence-corrected chi connectivity index (χ0v) is 11.4. The van der Waals surface area contributed by atoms with Crippen molar-refractivity contribution in [1.82, 2.24) is 0 Å². The fraction of sp³-hybridized carbons (Fsp3) is 0.600. The van der Waals surface area contributed by atoms with Crippen LogP contribution in [-0.4, -0.2) is 23.8 Å². The third-order valence-corrected chi connectivity index (χ3v) is 4.84. The molecule has 20 heavy (non-hydrogen) atoms. The number of benzene rings is 1. The van der Waals surface area contributed by atoms with Crippen molar-refractivity contribution < 1.29 is 13.9 Å². The van der Waals surface area contributed by atoms with Gasteiger partial charge in [-0.1, -0.05) is 12.8 Å². The standard InChI is InChI=1S/C15H20F2N2O/c16-11-7-12(17)14(18)13(8-11)19-6-5-15(20)4-2-1-3-10(15)9-19/h7-8,10,20H,1-6,9,18H2. The maximum absolute atomic E-state index is 13.6. The number of anilines is 2. The van der Waals surface area contributed by atoms with E-state index in [2.05, 4.69) is 0 Å². The van der Waals surface area contributed by atoms with Crippen molar-refractivity contribution in [3.8, 4) is 0 Å². The predicted molar refractivity (Wildman–Crippen MR) is 74.5 cm³/mol. The molecule has 1 heterocycles. The van der Waals surface area contributed by atoms with Gasteiger partial charge in [-0.25, -0.2) is 8.78 Å². The Morgan fingerprint density at radius 3 is 2.85 bits per heavy atom. The molecule has 0 aromatic heterocycles. The van der Waals surface area contributed by atoms with Gasteiger partial charge in [0.25, 0.3) is 0 Å². The molecule has 0 spiro atoms. The minimum Gasteiger partial charge on any atom is -0.395 e. The summed E-state index contributed by atoms with van der Waals surface area (Å²) in [6, 6.07) is 2.09. The van der Waals surface area contributed by atoms with E-state index >= 15 is 0 Å². The van der Waals surface area contributed by atoms with Gasteiger partial charge in [0, 0.05) is 25.1 Å². The lowest BCUT2D eigenvalue weighted by Gasteiger charge is -2.48. The Kier molecular flexibility index (Phi) is 3.32. The molecule has 1 saturated carbocycles. The number of nitrogen functional groups attached to an aromatic ring is 1. The summed E-state index contributed by atoms with van der Waals surface area (Å²) in [5, 5.41) is 10.6. The minimum atomic E-state index is -0.718. The molecule has 1 saturated heterocycles. The van der Waals surface area contributed by atoms with Crippen molar-refractivity contribution in [2.24, 2.45) is 5.92 Å². The molecule has 0 radical (unpaired) electrons. The first kappa shape index (κ1) is 13.6. The van der Waals surface area contributed by atoms with Gasteiger partial charge in [0.05, 0.1) is 17.0 Å². The van der Waals surface area contributed by atoms with E-state index in [0.29, 0.717) is 25.2 Å². The molecule has 2 unspecified atom stereocenters. The maximum Gasteiger partial charge on any atom is 0.151 e. The van der Waals surface area contributed by atoms with E-state index in [-0.39, 0.29) is 11.6 Å². The number of piperidine rings is 1. The Hall–Kier alpha value is -1.36. The van der Waals surface area contributed by atoms with E-state index in [1.165, 1.54) is 6.07 Å². The van der Waals surface area contributed by atoms with Crippen LogP contribution in [0.5, 0.6) is 0 Å². The highest BCUT2D eigenvalue weighted by Gasteiger charge is 2.43. The molecule has 0 bridgehead atoms. The lowest BCUT2D eigenvalue weighted by atomic mass is 9.71. The van der Waals surface area contributed by atoms with E-state index in [4.69, 9.17) is 5.73 Å². The van der Waals surface area contributed by atoms with Crippen molar-refractivity contribution in [3.05, 3.63) is 23.8 Å². The average Bonchev–Trinajstić information content (AvgIpc) is 2.42. The summed E-state index contributed by atoms with van der Waals surface area (Å²) in [7, 11) is 0. The molecule has 2 aliphatic rings. The predicted octanol–water partition coefficient (Wildman–Crippen LogP) is 2.68. The monoisotopic (exact) mass is 282 g/mol. The van der Waals surface area contributed by atoms with Gasteiger partial charge in [-0.15, -0.1) is 0 Å². The van der Waals surface area contributed by atoms with Crippen LogP contribution >= 0.6 is 0 Å². The summed E-state index contributed by atoms with van der Waals surface area (Å²) in [5.41, 5.74) is 5.54. The van der Waals surface area contributed by atoms with Gasteiger partial charge in [0.2, 0.25) is 0 Å². The Labute approximate surface area is 117 Å². The molecule has 110 valence electrons. The molecule has 2 fully saturated rings. The van der Waals surface area contributed by atoms with Gasteiger partial charge in [0.15, 0.2) is 5.82 Å². The van der Waals surface area contributed by atoms with Crippen LogP contribution in [0, 0.1) is 17.6 Å². The molecule has 3 N–H and O–H groups in total. The van der Waals surface area contributed by atoms with Gasteiger partial charge < -0.3 is 15.7 Å². The number of fused-ring (bicyclic) bond motifs is 1. The van der Waals surface area contributed by atoms with E-state index in [9.17, 15) is 13.9 Å². The molecule has 5 heteroatoms. The van der Waals surface area contributed by atoms with Crippen molar-refractivity contribution in [2.45, 2.75) is 37.7 Å². The molecular weight excluding hydrogens is 262 g/mol. The highest BCUT2D eigenvalue weighted by molar-refractivity contribution is 5.68. The van der Waals surface area contributed by atoms with Gasteiger partial charge in [0.1, 0.15) is 5.82 Å². The van der Waals surface area contributed by atoms with Gasteiger partial charge in [-0.05, 0) is 25.3 Å². The summed E-state index contributed by atoms with van der Waals surface area (Å²) < 4.78 is 27.0. The fourth-order valence-electron chi connectivity index (χ4n) is 3.62. The fourth-order valence-corrected chi connectivity index (χ4v) is 3.62. The SMILES string of the molecule is Nc1c(F)cc(F)cc1N1CCC2(O)CCCCC2C1. The van der Waals surface area contributed by atoms with E-state index < -0.39 is 17.2 Å². The minimum absolute atomic E-state index is 0.00681. The van der Waals surface area contributed by atoms with Gasteiger partial charge >= 0.3 is 0 Å². The van der Waals surface area contributed by atoms with Crippen LogP contribution in [0.3, 0.4) is 0 Å². The number of nitrogens with two attached hydrogens (primary N) is 1. The molecule has 1 aliphatic heterocycles. The molecule has 1 aliphatic carbocycles. The van der Waals surface area contributed by atoms with Crippen LogP contribution < -0.4 is 10.6 Å². The van der Waals surface area contributed by atoms with Gasteiger partial charge in [-0.3, -0.25) is 0 Å². The smallest absolute Gasteiger partial charge is 0.151 e. The number of rotatable bonds is 1. The van der Waals surface area contributed by atoms with Crippen molar-refractivity contribution >= 4 is 11.4 Å². The second-order valence-electron chi connectivity index (χ2n) is 6.06. The lowest BCUT2D eigenvalue weighted by molar-refractivity contribution is -0.0612. The third kappa shape index (κ3) is 2.24. The van der Waals surface area contributed by atoms with Crippen molar-refractivity contribution in [1.29, 1.82) is 0 Å². The lowest BCUT2D eigenvalue weighted by Crippen LogP contribution is -2.53. The quantitative estimate of drug-likeness (QED) is 0.779. The van der Waals surface area contributed by atoms with Crippen LogP contribution in [-0.2, 0) is 0 Å². The van der Waals surface area contributed by atoms with E-state index in [0.717, 1.165) is 31.7 Å². The maximum atomic E-state index is 13.6. The molecular formula is C15H20F2N2O. The summed E-state index contributed by atoms with van der Waals surface area (Å²) in [4.78, 5) is 1.91. The Bertz CT molecular complexity index is 523. The topological polar surface area (TPSA) is 49.5 Å². The van der Waals surface area contributed by atoms with E-state index in [1.807, 2.05) is 4.90 Å². The van der Waals surface area contributed by atoms with Crippen LogP contribution in [0.2, 0.25) is 0 Å². The van der Waals surface area contributed by atoms with Gasteiger partial charge in [-0.2, -0.15) is 0 Å². The molecule has 0 amide bonds. The highest BCUT2D eigenvalue weighted by Crippen LogP contribution is 2.42. The zero-order valence-electron chi connectivity index (χ0n) is 11.4. The van der Waals surface area contributed by atoms with Crippen LogP contribution in [0.15, 0.2) is 12.1 Å².